The predicted molar refractivity (Wildman–Crippen MR) is 41.0 cm³/mol. The number of carbonyl (C=O) groups is 1. The van der Waals surface area contributed by atoms with Gasteiger partial charge >= 0.3 is 5.97 Å². The van der Waals surface area contributed by atoms with Gasteiger partial charge < -0.3 is 4.74 Å². The third-order valence-corrected chi connectivity index (χ3v) is 3.11. The van der Waals surface area contributed by atoms with Crippen LogP contribution in [0, 0.1) is 17.8 Å². The summed E-state index contributed by atoms with van der Waals surface area (Å²) in [5, 5.41) is 0. The van der Waals surface area contributed by atoms with E-state index in [-0.39, 0.29) is 11.9 Å². The van der Waals surface area contributed by atoms with Crippen molar-refractivity contribution in [3.8, 4) is 0 Å². The van der Waals surface area contributed by atoms with Crippen molar-refractivity contribution < 1.29 is 9.53 Å². The zero-order valence-corrected chi connectivity index (χ0v) is 6.88. The van der Waals surface area contributed by atoms with E-state index in [0.29, 0.717) is 12.5 Å². The molecule has 0 N–H and O–H groups in total. The molecule has 0 bridgehead atoms. The molecule has 1 heterocycles. The number of carbonyl (C=O) groups excluding carboxylic acids is 1. The van der Waals surface area contributed by atoms with Crippen molar-refractivity contribution in [1.29, 1.82) is 0 Å². The van der Waals surface area contributed by atoms with Crippen LogP contribution < -0.4 is 0 Å². The molecule has 0 spiro atoms. The highest BCUT2D eigenvalue weighted by atomic mass is 16.5. The molecule has 2 aliphatic rings. The van der Waals surface area contributed by atoms with Gasteiger partial charge in [0.05, 0.1) is 12.5 Å². The molecule has 3 atom stereocenters. The average molecular weight is 154 g/mol. The van der Waals surface area contributed by atoms with Crippen LogP contribution in [0.3, 0.4) is 0 Å². The first-order valence-electron chi connectivity index (χ1n) is 4.48. The molecule has 2 rings (SSSR count). The van der Waals surface area contributed by atoms with Crippen molar-refractivity contribution >= 4 is 5.97 Å². The van der Waals surface area contributed by atoms with E-state index in [9.17, 15) is 4.79 Å². The summed E-state index contributed by atoms with van der Waals surface area (Å²) in [4.78, 5) is 11.1. The third-order valence-electron chi connectivity index (χ3n) is 3.11. The minimum atomic E-state index is 0.0611. The fraction of sp³-hybridized carbons (Fsp3) is 0.889. The van der Waals surface area contributed by atoms with Gasteiger partial charge in [0.1, 0.15) is 0 Å². The Balaban J connectivity index is 2.04. The Kier molecular flexibility index (Phi) is 1.63. The van der Waals surface area contributed by atoms with Gasteiger partial charge in [-0.15, -0.1) is 0 Å². The molecule has 1 aliphatic carbocycles. The van der Waals surface area contributed by atoms with Crippen LogP contribution in [-0.4, -0.2) is 12.6 Å². The van der Waals surface area contributed by atoms with E-state index < -0.39 is 0 Å². The SMILES string of the molecule is CCC1CC2COC(=O)C2C1. The van der Waals surface area contributed by atoms with Gasteiger partial charge in [0.25, 0.3) is 0 Å². The summed E-state index contributed by atoms with van der Waals surface area (Å²) in [5.74, 6) is 1.68. The summed E-state index contributed by atoms with van der Waals surface area (Å²) < 4.78 is 4.97. The smallest absolute Gasteiger partial charge is 0.309 e. The Morgan fingerprint density at radius 3 is 3.00 bits per heavy atom. The molecule has 1 saturated heterocycles. The summed E-state index contributed by atoms with van der Waals surface area (Å²) in [5.41, 5.74) is 0. The first-order valence-corrected chi connectivity index (χ1v) is 4.48. The van der Waals surface area contributed by atoms with Crippen LogP contribution in [0.1, 0.15) is 26.2 Å². The fourth-order valence-corrected chi connectivity index (χ4v) is 2.34. The number of cyclic esters (lactones) is 1. The molecule has 0 amide bonds. The average Bonchev–Trinajstić information content (AvgIpc) is 2.53. The number of esters is 1. The third kappa shape index (κ3) is 1.05. The number of hydrogen-bond acceptors (Lipinski definition) is 2. The van der Waals surface area contributed by atoms with Gasteiger partial charge in [-0.1, -0.05) is 13.3 Å². The molecule has 1 saturated carbocycles. The minimum absolute atomic E-state index is 0.0611. The van der Waals surface area contributed by atoms with Gasteiger partial charge in [0.15, 0.2) is 0 Å². The maximum absolute atomic E-state index is 11.1. The largest absolute Gasteiger partial charge is 0.465 e. The van der Waals surface area contributed by atoms with E-state index in [0.717, 1.165) is 12.3 Å². The second-order valence-electron chi connectivity index (χ2n) is 3.74. The first-order chi connectivity index (χ1) is 5.31. The standard InChI is InChI=1S/C9H14O2/c1-2-6-3-7-5-11-9(10)8(7)4-6/h6-8H,2-5H2,1H3. The maximum atomic E-state index is 11.1. The van der Waals surface area contributed by atoms with Crippen LogP contribution in [0.15, 0.2) is 0 Å². The van der Waals surface area contributed by atoms with Gasteiger partial charge in [0.2, 0.25) is 0 Å². The lowest BCUT2D eigenvalue weighted by molar-refractivity contribution is -0.141. The molecule has 11 heavy (non-hydrogen) atoms. The highest BCUT2D eigenvalue weighted by molar-refractivity contribution is 5.75. The molecule has 2 nitrogen and oxygen atoms in total. The molecule has 0 aromatic rings. The Hall–Kier alpha value is -0.530. The van der Waals surface area contributed by atoms with Crippen LogP contribution in [0.25, 0.3) is 0 Å². The van der Waals surface area contributed by atoms with E-state index in [1.807, 2.05) is 0 Å². The Morgan fingerprint density at radius 2 is 2.36 bits per heavy atom. The molecule has 2 heteroatoms. The minimum Gasteiger partial charge on any atom is -0.465 e. The Bertz CT molecular complexity index is 176. The highest BCUT2D eigenvalue weighted by Gasteiger charge is 2.43. The number of rotatable bonds is 1. The fourth-order valence-electron chi connectivity index (χ4n) is 2.34. The lowest BCUT2D eigenvalue weighted by atomic mass is 10.0. The van der Waals surface area contributed by atoms with Gasteiger partial charge in [-0.3, -0.25) is 4.79 Å². The zero-order valence-electron chi connectivity index (χ0n) is 6.88. The molecule has 3 unspecified atom stereocenters. The summed E-state index contributed by atoms with van der Waals surface area (Å²) in [7, 11) is 0. The maximum Gasteiger partial charge on any atom is 0.309 e. The monoisotopic (exact) mass is 154 g/mol. The van der Waals surface area contributed by atoms with Crippen molar-refractivity contribution in [2.45, 2.75) is 26.2 Å². The van der Waals surface area contributed by atoms with Crippen LogP contribution >= 0.6 is 0 Å². The topological polar surface area (TPSA) is 26.3 Å². The van der Waals surface area contributed by atoms with Crippen molar-refractivity contribution in [2.75, 3.05) is 6.61 Å². The van der Waals surface area contributed by atoms with E-state index >= 15 is 0 Å². The van der Waals surface area contributed by atoms with E-state index in [4.69, 9.17) is 4.74 Å². The lowest BCUT2D eigenvalue weighted by Gasteiger charge is -2.05. The summed E-state index contributed by atoms with van der Waals surface area (Å²) >= 11 is 0. The van der Waals surface area contributed by atoms with Gasteiger partial charge in [-0.2, -0.15) is 0 Å². The summed E-state index contributed by atoms with van der Waals surface area (Å²) in [6, 6.07) is 0. The van der Waals surface area contributed by atoms with Crippen LogP contribution in [0.5, 0.6) is 0 Å². The molecule has 0 radical (unpaired) electrons. The number of hydrogen-bond donors (Lipinski definition) is 0. The van der Waals surface area contributed by atoms with Crippen molar-refractivity contribution in [1.82, 2.24) is 0 Å². The Labute approximate surface area is 66.9 Å². The van der Waals surface area contributed by atoms with Gasteiger partial charge in [-0.05, 0) is 18.8 Å². The van der Waals surface area contributed by atoms with Crippen molar-refractivity contribution in [2.24, 2.45) is 17.8 Å². The van der Waals surface area contributed by atoms with E-state index in [1.165, 1.54) is 12.8 Å². The summed E-state index contributed by atoms with van der Waals surface area (Å²) in [6.07, 6.45) is 3.52. The molecule has 1 aliphatic heterocycles. The van der Waals surface area contributed by atoms with Crippen LogP contribution in [0.2, 0.25) is 0 Å². The van der Waals surface area contributed by atoms with Gasteiger partial charge in [-0.25, -0.2) is 0 Å². The normalized spacial score (nSPS) is 42.3. The molecule has 0 aromatic carbocycles. The van der Waals surface area contributed by atoms with Crippen LogP contribution in [0.4, 0.5) is 0 Å². The van der Waals surface area contributed by atoms with E-state index in [2.05, 4.69) is 6.92 Å². The molecule has 0 aromatic heterocycles. The second-order valence-corrected chi connectivity index (χ2v) is 3.74. The lowest BCUT2D eigenvalue weighted by Crippen LogP contribution is -2.08. The Morgan fingerprint density at radius 1 is 1.55 bits per heavy atom. The van der Waals surface area contributed by atoms with Crippen molar-refractivity contribution in [3.05, 3.63) is 0 Å². The zero-order chi connectivity index (χ0) is 7.84. The first kappa shape index (κ1) is 7.14. The number of fused-ring (bicyclic) bond motifs is 1. The second kappa shape index (κ2) is 2.50. The predicted octanol–water partition coefficient (Wildman–Crippen LogP) is 1.60. The molecule has 62 valence electrons. The van der Waals surface area contributed by atoms with Gasteiger partial charge in [0, 0.05) is 5.92 Å². The molecular weight excluding hydrogens is 140 g/mol. The van der Waals surface area contributed by atoms with E-state index in [1.54, 1.807) is 0 Å². The molecule has 2 fully saturated rings. The molecular formula is C9H14O2. The number of ether oxygens (including phenoxy) is 1. The van der Waals surface area contributed by atoms with Crippen molar-refractivity contribution in [3.63, 3.8) is 0 Å². The highest BCUT2D eigenvalue weighted by Crippen LogP contribution is 2.42. The summed E-state index contributed by atoms with van der Waals surface area (Å²) in [6.45, 7) is 2.90. The van der Waals surface area contributed by atoms with Crippen LogP contribution in [-0.2, 0) is 9.53 Å². The quantitative estimate of drug-likeness (QED) is 0.536.